The zero-order chi connectivity index (χ0) is 17.5. The Balaban J connectivity index is 2.45. The van der Waals surface area contributed by atoms with Gasteiger partial charge in [-0.1, -0.05) is 32.9 Å². The number of rotatable bonds is 7. The maximum Gasteiger partial charge on any atom is 0.313 e. The molecule has 0 saturated heterocycles. The Hall–Kier alpha value is -1.88. The number of aryl methyl sites for hydroxylation is 1. The van der Waals surface area contributed by atoms with E-state index in [1.807, 2.05) is 19.1 Å². The van der Waals surface area contributed by atoms with Crippen molar-refractivity contribution in [2.24, 2.45) is 5.92 Å². The van der Waals surface area contributed by atoms with Gasteiger partial charge < -0.3 is 15.7 Å². The number of hydrogen-bond acceptors (Lipinski definition) is 3. The van der Waals surface area contributed by atoms with Crippen molar-refractivity contribution in [2.75, 3.05) is 11.9 Å². The molecule has 2 amide bonds. The van der Waals surface area contributed by atoms with Gasteiger partial charge in [-0.05, 0) is 49.8 Å². The van der Waals surface area contributed by atoms with Gasteiger partial charge >= 0.3 is 11.8 Å². The molecule has 0 spiro atoms. The standard InChI is InChI=1S/C18H28N2O3/c1-5-14-6-8-15(9-7-14)20-17(22)16(21)19-12-18(4,23)11-10-13(2)3/h6-9,13,23H,5,10-12H2,1-4H3,(H,19,21)(H,20,22). The highest BCUT2D eigenvalue weighted by Gasteiger charge is 2.23. The SMILES string of the molecule is CCc1ccc(NC(=O)C(=O)NCC(C)(O)CCC(C)C)cc1. The van der Waals surface area contributed by atoms with Crippen molar-refractivity contribution >= 4 is 17.5 Å². The van der Waals surface area contributed by atoms with Crippen molar-refractivity contribution in [3.63, 3.8) is 0 Å². The molecule has 5 nitrogen and oxygen atoms in total. The molecule has 0 fully saturated rings. The van der Waals surface area contributed by atoms with Gasteiger partial charge in [0.2, 0.25) is 0 Å². The van der Waals surface area contributed by atoms with Crippen LogP contribution in [0.25, 0.3) is 0 Å². The summed E-state index contributed by atoms with van der Waals surface area (Å²) in [6.07, 6.45) is 2.35. The largest absolute Gasteiger partial charge is 0.388 e. The fraction of sp³-hybridized carbons (Fsp3) is 0.556. The van der Waals surface area contributed by atoms with Gasteiger partial charge in [0.1, 0.15) is 0 Å². The summed E-state index contributed by atoms with van der Waals surface area (Å²) in [4.78, 5) is 23.7. The number of anilines is 1. The van der Waals surface area contributed by atoms with E-state index in [0.717, 1.165) is 18.4 Å². The van der Waals surface area contributed by atoms with E-state index >= 15 is 0 Å². The van der Waals surface area contributed by atoms with Gasteiger partial charge in [-0.3, -0.25) is 9.59 Å². The quantitative estimate of drug-likeness (QED) is 0.675. The van der Waals surface area contributed by atoms with Crippen LogP contribution in [0.2, 0.25) is 0 Å². The molecule has 1 rings (SSSR count). The molecule has 3 N–H and O–H groups in total. The number of hydrogen-bond donors (Lipinski definition) is 3. The number of nitrogens with one attached hydrogen (secondary N) is 2. The van der Waals surface area contributed by atoms with Crippen LogP contribution in [0.5, 0.6) is 0 Å². The second-order valence-electron chi connectivity index (χ2n) is 6.62. The molecule has 1 unspecified atom stereocenters. The minimum atomic E-state index is -1.01. The van der Waals surface area contributed by atoms with Gasteiger partial charge in [-0.15, -0.1) is 0 Å². The highest BCUT2D eigenvalue weighted by molar-refractivity contribution is 6.39. The zero-order valence-corrected chi connectivity index (χ0v) is 14.5. The lowest BCUT2D eigenvalue weighted by molar-refractivity contribution is -0.136. The smallest absolute Gasteiger partial charge is 0.313 e. The molecule has 0 aliphatic rings. The number of carbonyl (C=O) groups is 2. The second kappa shape index (κ2) is 8.67. The third kappa shape index (κ3) is 7.28. The average molecular weight is 320 g/mol. The molecule has 5 heteroatoms. The molecule has 1 aromatic carbocycles. The van der Waals surface area contributed by atoms with Crippen LogP contribution in [0.3, 0.4) is 0 Å². The highest BCUT2D eigenvalue weighted by atomic mass is 16.3. The van der Waals surface area contributed by atoms with Gasteiger partial charge in [0.05, 0.1) is 5.60 Å². The maximum absolute atomic E-state index is 11.8. The van der Waals surface area contributed by atoms with Gasteiger partial charge in [-0.25, -0.2) is 0 Å². The monoisotopic (exact) mass is 320 g/mol. The lowest BCUT2D eigenvalue weighted by atomic mass is 9.95. The van der Waals surface area contributed by atoms with Crippen LogP contribution in [0, 0.1) is 5.92 Å². The molecule has 0 aliphatic carbocycles. The van der Waals surface area contributed by atoms with Gasteiger partial charge in [0.15, 0.2) is 0 Å². The third-order valence-corrected chi connectivity index (χ3v) is 3.72. The normalized spacial score (nSPS) is 13.5. The number of benzene rings is 1. The predicted octanol–water partition coefficient (Wildman–Crippen LogP) is 2.49. The van der Waals surface area contributed by atoms with Gasteiger partial charge in [0.25, 0.3) is 0 Å². The van der Waals surface area contributed by atoms with Crippen LogP contribution in [0.4, 0.5) is 5.69 Å². The topological polar surface area (TPSA) is 78.4 Å². The van der Waals surface area contributed by atoms with E-state index in [1.165, 1.54) is 0 Å². The molecule has 1 atom stereocenters. The molecular weight excluding hydrogens is 292 g/mol. The van der Waals surface area contributed by atoms with E-state index in [9.17, 15) is 14.7 Å². The van der Waals surface area contributed by atoms with Gasteiger partial charge in [-0.2, -0.15) is 0 Å². The van der Waals surface area contributed by atoms with Gasteiger partial charge in [0, 0.05) is 12.2 Å². The van der Waals surface area contributed by atoms with Crippen LogP contribution in [-0.4, -0.2) is 29.1 Å². The molecular formula is C18H28N2O3. The Kier molecular flexibility index (Phi) is 7.23. The summed E-state index contributed by atoms with van der Waals surface area (Å²) in [5, 5.41) is 15.2. The fourth-order valence-electron chi connectivity index (χ4n) is 2.05. The Bertz CT molecular complexity index is 522. The summed E-state index contributed by atoms with van der Waals surface area (Å²) in [5.74, 6) is -0.991. The summed E-state index contributed by atoms with van der Waals surface area (Å²) in [6, 6.07) is 7.35. The highest BCUT2D eigenvalue weighted by Crippen LogP contribution is 2.15. The maximum atomic E-state index is 11.8. The Morgan fingerprint density at radius 1 is 1.17 bits per heavy atom. The minimum absolute atomic E-state index is 0.0563. The first-order chi connectivity index (χ1) is 10.7. The van der Waals surface area contributed by atoms with E-state index < -0.39 is 17.4 Å². The molecule has 0 bridgehead atoms. The van der Waals surface area contributed by atoms with Crippen molar-refractivity contribution in [2.45, 2.75) is 52.6 Å². The molecule has 0 saturated carbocycles. The van der Waals surface area contributed by atoms with Crippen LogP contribution >= 0.6 is 0 Å². The Morgan fingerprint density at radius 3 is 2.30 bits per heavy atom. The second-order valence-corrected chi connectivity index (χ2v) is 6.62. The van der Waals surface area contributed by atoms with Crippen molar-refractivity contribution in [3.05, 3.63) is 29.8 Å². The molecule has 0 aliphatic heterocycles. The minimum Gasteiger partial charge on any atom is -0.388 e. The summed E-state index contributed by atoms with van der Waals surface area (Å²) in [6.45, 7) is 7.92. The summed E-state index contributed by atoms with van der Waals surface area (Å²) in [7, 11) is 0. The van der Waals surface area contributed by atoms with E-state index in [4.69, 9.17) is 0 Å². The lowest BCUT2D eigenvalue weighted by Crippen LogP contribution is -2.44. The average Bonchev–Trinajstić information content (AvgIpc) is 2.51. The summed E-state index contributed by atoms with van der Waals surface area (Å²) >= 11 is 0. The van der Waals surface area contributed by atoms with Crippen LogP contribution < -0.4 is 10.6 Å². The van der Waals surface area contributed by atoms with Crippen molar-refractivity contribution in [1.29, 1.82) is 0 Å². The lowest BCUT2D eigenvalue weighted by Gasteiger charge is -2.24. The molecule has 0 radical (unpaired) electrons. The van der Waals surface area contributed by atoms with E-state index in [2.05, 4.69) is 24.5 Å². The Morgan fingerprint density at radius 2 is 1.78 bits per heavy atom. The molecule has 1 aromatic rings. The van der Waals surface area contributed by atoms with E-state index in [1.54, 1.807) is 19.1 Å². The van der Waals surface area contributed by atoms with Crippen LogP contribution in [0.15, 0.2) is 24.3 Å². The van der Waals surface area contributed by atoms with Crippen LogP contribution in [-0.2, 0) is 16.0 Å². The number of amides is 2. The summed E-state index contributed by atoms with van der Waals surface area (Å²) in [5.41, 5.74) is 0.728. The van der Waals surface area contributed by atoms with Crippen molar-refractivity contribution < 1.29 is 14.7 Å². The predicted molar refractivity (Wildman–Crippen MR) is 92.2 cm³/mol. The fourth-order valence-corrected chi connectivity index (χ4v) is 2.05. The van der Waals surface area contributed by atoms with E-state index in [0.29, 0.717) is 18.0 Å². The number of aliphatic hydroxyl groups is 1. The Labute approximate surface area is 138 Å². The first-order valence-corrected chi connectivity index (χ1v) is 8.14. The zero-order valence-electron chi connectivity index (χ0n) is 14.5. The first-order valence-electron chi connectivity index (χ1n) is 8.14. The van der Waals surface area contributed by atoms with Crippen molar-refractivity contribution in [1.82, 2.24) is 5.32 Å². The number of carbonyl (C=O) groups excluding carboxylic acids is 2. The molecule has 128 valence electrons. The molecule has 0 aromatic heterocycles. The van der Waals surface area contributed by atoms with Crippen LogP contribution in [0.1, 0.15) is 46.1 Å². The summed E-state index contributed by atoms with van der Waals surface area (Å²) < 4.78 is 0. The van der Waals surface area contributed by atoms with E-state index in [-0.39, 0.29) is 6.54 Å². The first kappa shape index (κ1) is 19.2. The third-order valence-electron chi connectivity index (χ3n) is 3.72. The van der Waals surface area contributed by atoms with Crippen molar-refractivity contribution in [3.8, 4) is 0 Å². The molecule has 0 heterocycles. The molecule has 23 heavy (non-hydrogen) atoms.